The summed E-state index contributed by atoms with van der Waals surface area (Å²) in [7, 11) is 0.174. The second-order valence-corrected chi connectivity index (χ2v) is 13.7. The molecule has 0 radical (unpaired) electrons. The van der Waals surface area contributed by atoms with Crippen molar-refractivity contribution in [3.63, 3.8) is 0 Å². The lowest BCUT2D eigenvalue weighted by atomic mass is 9.83. The van der Waals surface area contributed by atoms with Gasteiger partial charge in [-0.1, -0.05) is 48.5 Å². The Kier molecular flexibility index (Phi) is 9.16. The number of carbonyl (C=O) groups excluding carboxylic acids is 1. The zero-order valence-corrected chi connectivity index (χ0v) is 24.4. The lowest BCUT2D eigenvalue weighted by molar-refractivity contribution is 0.0330. The summed E-state index contributed by atoms with van der Waals surface area (Å²) < 4.78 is 22.0. The van der Waals surface area contributed by atoms with Gasteiger partial charge in [-0.05, 0) is 64.9 Å². The number of carbonyl (C=O) groups is 1. The third-order valence-corrected chi connectivity index (χ3v) is 10.4. The SMILES string of the molecule is COC(c1nc(C(=O)NC2CCC2)sc1-c1ccc(S(=O)NC(C)(C)C)c(Cl)c1Cl)C1CCCCC1. The molecule has 10 heteroatoms. The van der Waals surface area contributed by atoms with E-state index in [4.69, 9.17) is 32.9 Å². The van der Waals surface area contributed by atoms with Gasteiger partial charge in [0.2, 0.25) is 0 Å². The molecule has 2 unspecified atom stereocenters. The van der Waals surface area contributed by atoms with Gasteiger partial charge in [-0.25, -0.2) is 13.9 Å². The van der Waals surface area contributed by atoms with Gasteiger partial charge in [0.25, 0.3) is 5.91 Å². The molecule has 0 bridgehead atoms. The van der Waals surface area contributed by atoms with Gasteiger partial charge in [-0.3, -0.25) is 4.79 Å². The summed E-state index contributed by atoms with van der Waals surface area (Å²) in [4.78, 5) is 19.1. The number of ether oxygens (including phenoxy) is 1. The van der Waals surface area contributed by atoms with Crippen molar-refractivity contribution in [3.05, 3.63) is 32.9 Å². The third-order valence-electron chi connectivity index (χ3n) is 6.78. The molecule has 0 saturated heterocycles. The summed E-state index contributed by atoms with van der Waals surface area (Å²) in [5.74, 6) is 0.161. The van der Waals surface area contributed by atoms with Crippen LogP contribution < -0.4 is 10.0 Å². The number of amides is 1. The van der Waals surface area contributed by atoms with Gasteiger partial charge in [0.1, 0.15) is 17.1 Å². The second kappa shape index (κ2) is 11.8. The monoisotopic (exact) mass is 571 g/mol. The van der Waals surface area contributed by atoms with Gasteiger partial charge in [0.15, 0.2) is 5.01 Å². The topological polar surface area (TPSA) is 80.3 Å². The van der Waals surface area contributed by atoms with E-state index >= 15 is 0 Å². The van der Waals surface area contributed by atoms with Crippen molar-refractivity contribution in [2.75, 3.05) is 7.11 Å². The zero-order valence-electron chi connectivity index (χ0n) is 21.3. The molecule has 2 aliphatic carbocycles. The maximum atomic E-state index is 13.0. The molecule has 1 aromatic heterocycles. The Labute approximate surface area is 230 Å². The molecule has 0 aliphatic heterocycles. The molecule has 2 atom stereocenters. The average molecular weight is 573 g/mol. The van der Waals surface area contributed by atoms with Gasteiger partial charge < -0.3 is 10.1 Å². The molecule has 1 amide bonds. The van der Waals surface area contributed by atoms with Gasteiger partial charge in [0.05, 0.1) is 25.5 Å². The largest absolute Gasteiger partial charge is 0.375 e. The van der Waals surface area contributed by atoms with Crippen LogP contribution in [0.15, 0.2) is 17.0 Å². The molecular weight excluding hydrogens is 537 g/mol. The van der Waals surface area contributed by atoms with Crippen molar-refractivity contribution in [1.29, 1.82) is 0 Å². The van der Waals surface area contributed by atoms with Crippen molar-refractivity contribution in [3.8, 4) is 10.4 Å². The first kappa shape index (κ1) is 28.0. The van der Waals surface area contributed by atoms with Crippen molar-refractivity contribution in [1.82, 2.24) is 15.0 Å². The Balaban J connectivity index is 1.74. The predicted octanol–water partition coefficient (Wildman–Crippen LogP) is 7.08. The quantitative estimate of drug-likeness (QED) is 0.354. The number of methoxy groups -OCH3 is 1. The summed E-state index contributed by atoms with van der Waals surface area (Å²) in [5.41, 5.74) is 1.04. The number of rotatable bonds is 8. The Hall–Kier alpha value is -1.03. The fourth-order valence-corrected chi connectivity index (χ4v) is 7.67. The van der Waals surface area contributed by atoms with Crippen molar-refractivity contribution >= 4 is 51.4 Å². The van der Waals surface area contributed by atoms with Crippen LogP contribution in [0.3, 0.4) is 0 Å². The molecule has 0 spiro atoms. The van der Waals surface area contributed by atoms with Crippen molar-refractivity contribution in [2.45, 2.75) is 94.7 Å². The van der Waals surface area contributed by atoms with E-state index < -0.39 is 11.0 Å². The summed E-state index contributed by atoms with van der Waals surface area (Å²) in [6.45, 7) is 5.81. The van der Waals surface area contributed by atoms with Crippen molar-refractivity contribution in [2.24, 2.45) is 5.92 Å². The fourth-order valence-electron chi connectivity index (χ4n) is 4.76. The molecule has 2 fully saturated rings. The first-order valence-electron chi connectivity index (χ1n) is 12.6. The molecule has 1 aromatic carbocycles. The van der Waals surface area contributed by atoms with E-state index in [2.05, 4.69) is 10.0 Å². The number of benzene rings is 1. The van der Waals surface area contributed by atoms with Crippen LogP contribution in [0, 0.1) is 5.92 Å². The van der Waals surface area contributed by atoms with Crippen LogP contribution in [0.5, 0.6) is 0 Å². The fraction of sp³-hybridized carbons (Fsp3) is 0.615. The van der Waals surface area contributed by atoms with E-state index in [1.54, 1.807) is 13.2 Å². The first-order chi connectivity index (χ1) is 17.1. The predicted molar refractivity (Wildman–Crippen MR) is 148 cm³/mol. The number of hydrogen-bond acceptors (Lipinski definition) is 5. The van der Waals surface area contributed by atoms with Gasteiger partial charge in [0, 0.05) is 24.3 Å². The molecule has 2 N–H and O–H groups in total. The number of nitrogens with zero attached hydrogens (tertiary/aromatic N) is 1. The molecule has 4 rings (SSSR count). The lowest BCUT2D eigenvalue weighted by Crippen LogP contribution is -2.39. The summed E-state index contributed by atoms with van der Waals surface area (Å²) in [6.07, 6.45) is 8.57. The van der Waals surface area contributed by atoms with E-state index in [0.29, 0.717) is 26.4 Å². The van der Waals surface area contributed by atoms with Crippen LogP contribution in [0.4, 0.5) is 0 Å². The van der Waals surface area contributed by atoms with Crippen LogP contribution in [0.1, 0.15) is 93.7 Å². The minimum Gasteiger partial charge on any atom is -0.375 e. The van der Waals surface area contributed by atoms with Crippen LogP contribution in [-0.4, -0.2) is 33.8 Å². The van der Waals surface area contributed by atoms with Crippen LogP contribution in [-0.2, 0) is 15.7 Å². The normalized spacial score (nSPS) is 19.1. The second-order valence-electron chi connectivity index (χ2n) is 10.7. The van der Waals surface area contributed by atoms with Gasteiger partial charge >= 0.3 is 0 Å². The van der Waals surface area contributed by atoms with E-state index in [1.165, 1.54) is 17.8 Å². The van der Waals surface area contributed by atoms with Gasteiger partial charge in [-0.2, -0.15) is 0 Å². The number of aromatic nitrogens is 1. The molecule has 36 heavy (non-hydrogen) atoms. The van der Waals surface area contributed by atoms with Crippen LogP contribution in [0.25, 0.3) is 10.4 Å². The highest BCUT2D eigenvalue weighted by Gasteiger charge is 2.33. The summed E-state index contributed by atoms with van der Waals surface area (Å²) in [6, 6.07) is 3.77. The Bertz CT molecular complexity index is 1120. The highest BCUT2D eigenvalue weighted by molar-refractivity contribution is 7.83. The van der Waals surface area contributed by atoms with E-state index in [1.807, 2.05) is 26.8 Å². The first-order valence-corrected chi connectivity index (χ1v) is 15.3. The molecule has 198 valence electrons. The zero-order chi connectivity index (χ0) is 26.0. The molecule has 2 aliphatic rings. The maximum Gasteiger partial charge on any atom is 0.280 e. The highest BCUT2D eigenvalue weighted by Crippen LogP contribution is 2.46. The number of nitrogens with one attached hydrogen (secondary N) is 2. The Morgan fingerprint density at radius 2 is 1.81 bits per heavy atom. The minimum atomic E-state index is -1.53. The standard InChI is InChI=1S/C26H35Cl2N3O3S2/c1-26(2,3)31-36(33)18-14-13-17(19(27)20(18)28)23-21(22(34-4)15-9-6-5-7-10-15)30-25(35-23)24(32)29-16-11-8-12-16/h13-16,22,31H,5-12H2,1-4H3,(H,29,32). The third kappa shape index (κ3) is 6.33. The smallest absolute Gasteiger partial charge is 0.280 e. The number of hydrogen-bond donors (Lipinski definition) is 2. The Morgan fingerprint density at radius 1 is 1.11 bits per heavy atom. The minimum absolute atomic E-state index is 0.162. The van der Waals surface area contributed by atoms with E-state index in [9.17, 15) is 9.00 Å². The van der Waals surface area contributed by atoms with E-state index in [-0.39, 0.29) is 28.6 Å². The maximum absolute atomic E-state index is 13.0. The molecule has 2 aromatic rings. The molecular formula is C26H35Cl2N3O3S2. The summed E-state index contributed by atoms with van der Waals surface area (Å²) >= 11 is 14.8. The summed E-state index contributed by atoms with van der Waals surface area (Å²) in [5, 5.41) is 4.03. The average Bonchev–Trinajstić information content (AvgIpc) is 3.23. The van der Waals surface area contributed by atoms with E-state index in [0.717, 1.165) is 55.5 Å². The molecule has 6 nitrogen and oxygen atoms in total. The lowest BCUT2D eigenvalue weighted by Gasteiger charge is -2.29. The van der Waals surface area contributed by atoms with Crippen LogP contribution in [0.2, 0.25) is 10.0 Å². The molecule has 1 heterocycles. The Morgan fingerprint density at radius 3 is 2.39 bits per heavy atom. The highest BCUT2D eigenvalue weighted by atomic mass is 35.5. The van der Waals surface area contributed by atoms with Gasteiger partial charge in [-0.15, -0.1) is 11.3 Å². The number of thiazole rings is 1. The van der Waals surface area contributed by atoms with Crippen LogP contribution >= 0.6 is 34.5 Å². The number of halogens is 2. The van der Waals surface area contributed by atoms with Crippen molar-refractivity contribution < 1.29 is 13.7 Å². The molecule has 2 saturated carbocycles.